The number of hydrogen-bond donors (Lipinski definition) is 3. The smallest absolute Gasteiger partial charge is 0.395 e. The Hall–Kier alpha value is -3.42. The van der Waals surface area contributed by atoms with Gasteiger partial charge in [0.05, 0.1) is 46.0 Å². The van der Waals surface area contributed by atoms with Crippen LogP contribution in [0.4, 0.5) is 28.2 Å². The number of piperazine rings is 1. The van der Waals surface area contributed by atoms with E-state index in [-0.39, 0.29) is 48.3 Å². The van der Waals surface area contributed by atoms with Crippen LogP contribution in [0, 0.1) is 11.3 Å². The summed E-state index contributed by atoms with van der Waals surface area (Å²) in [6.45, 7) is 4.23. The number of hydrogen-bond acceptors (Lipinski definition) is 7. The molecule has 0 radical (unpaired) electrons. The quantitative estimate of drug-likeness (QED) is 0.375. The van der Waals surface area contributed by atoms with Crippen molar-refractivity contribution in [1.29, 1.82) is 5.41 Å². The van der Waals surface area contributed by atoms with Crippen LogP contribution in [0.3, 0.4) is 0 Å². The van der Waals surface area contributed by atoms with Crippen molar-refractivity contribution in [3.8, 4) is 0 Å². The van der Waals surface area contributed by atoms with E-state index in [1.807, 2.05) is 7.05 Å². The zero-order valence-electron chi connectivity index (χ0n) is 22.1. The molecule has 0 unspecified atom stereocenters. The van der Waals surface area contributed by atoms with Crippen LogP contribution in [0.15, 0.2) is 18.0 Å². The summed E-state index contributed by atoms with van der Waals surface area (Å²) in [5.41, 5.74) is 5.27. The number of rotatable bonds is 6. The monoisotopic (exact) mass is 551 g/mol. The van der Waals surface area contributed by atoms with E-state index in [9.17, 15) is 22.4 Å². The van der Waals surface area contributed by atoms with Crippen molar-refractivity contribution in [3.05, 3.63) is 23.7 Å². The van der Waals surface area contributed by atoms with Gasteiger partial charge in [0.2, 0.25) is 0 Å². The van der Waals surface area contributed by atoms with Crippen molar-refractivity contribution in [2.45, 2.75) is 50.6 Å². The molecule has 0 bridgehead atoms. The predicted molar refractivity (Wildman–Crippen MR) is 139 cm³/mol. The lowest BCUT2D eigenvalue weighted by molar-refractivity contribution is -0.180. The number of nitrogens with zero attached hydrogens (tertiary/aromatic N) is 6. The van der Waals surface area contributed by atoms with Crippen LogP contribution in [0.25, 0.3) is 16.6 Å². The predicted octanol–water partition coefficient (Wildman–Crippen LogP) is 2.94. The molecule has 3 fully saturated rings. The largest absolute Gasteiger partial charge is 0.395 e. The van der Waals surface area contributed by atoms with Crippen LogP contribution in [-0.4, -0.2) is 94.0 Å². The van der Waals surface area contributed by atoms with Gasteiger partial charge in [-0.1, -0.05) is 0 Å². The Kier molecular flexibility index (Phi) is 6.51. The van der Waals surface area contributed by atoms with Crippen molar-refractivity contribution >= 4 is 34.7 Å². The molecule has 5 rings (SSSR count). The number of pyridine rings is 1. The zero-order chi connectivity index (χ0) is 28.3. The first-order chi connectivity index (χ1) is 18.2. The number of likely N-dealkylation sites (N-methyl/N-ethyl adjacent to an activating group) is 1. The van der Waals surface area contributed by atoms with E-state index in [0.29, 0.717) is 23.3 Å². The molecule has 2 aliphatic heterocycles. The lowest BCUT2D eigenvalue weighted by atomic mass is 9.99. The Morgan fingerprint density at radius 2 is 1.95 bits per heavy atom. The Labute approximate surface area is 223 Å². The second-order valence-electron chi connectivity index (χ2n) is 11.4. The van der Waals surface area contributed by atoms with Crippen LogP contribution >= 0.6 is 0 Å². The summed E-state index contributed by atoms with van der Waals surface area (Å²) in [5.74, 6) is -1.16. The molecular weight excluding hydrogens is 518 g/mol. The summed E-state index contributed by atoms with van der Waals surface area (Å²) < 4.78 is 55.2. The van der Waals surface area contributed by atoms with Gasteiger partial charge in [0.25, 0.3) is 0 Å². The molecule has 1 saturated carbocycles. The molecular formula is C25H33F4N9O. The van der Waals surface area contributed by atoms with Crippen LogP contribution in [-0.2, 0) is 6.54 Å². The number of nitrogens with one attached hydrogen (secondary N) is 2. The molecule has 2 saturated heterocycles. The van der Waals surface area contributed by atoms with E-state index in [1.165, 1.54) is 29.6 Å². The first-order valence-electron chi connectivity index (χ1n) is 12.9. The number of fused-ring (bicyclic) bond motifs is 1. The molecule has 39 heavy (non-hydrogen) atoms. The Bertz CT molecular complexity index is 1320. The normalized spacial score (nSPS) is 20.7. The van der Waals surface area contributed by atoms with E-state index in [0.717, 1.165) is 32.1 Å². The third kappa shape index (κ3) is 5.25. The van der Waals surface area contributed by atoms with E-state index < -0.39 is 17.8 Å². The van der Waals surface area contributed by atoms with Gasteiger partial charge in [-0.05, 0) is 39.8 Å². The van der Waals surface area contributed by atoms with Crippen LogP contribution < -0.4 is 16.0 Å². The minimum Gasteiger partial charge on any atom is -0.395 e. The molecule has 0 atom stereocenters. The molecule has 1 aliphatic carbocycles. The SMILES string of the molecule is CN1CCN(C(=O)NC(C=N)=C(N)c2cc3c(cn2)c(N2CC(C(F)(F)F)C2)nn3CC(C)(C)F)C2(CC2)C1. The summed E-state index contributed by atoms with van der Waals surface area (Å²) in [6, 6.07) is 1.22. The molecule has 10 nitrogen and oxygen atoms in total. The molecule has 14 heteroatoms. The number of nitrogens with two attached hydrogens (primary N) is 1. The molecule has 0 aromatic carbocycles. The van der Waals surface area contributed by atoms with Gasteiger partial charge in [0.1, 0.15) is 5.67 Å². The second kappa shape index (κ2) is 9.35. The van der Waals surface area contributed by atoms with Crippen LogP contribution in [0.1, 0.15) is 32.4 Å². The number of allylic oxidation sites excluding steroid dienone is 1. The van der Waals surface area contributed by atoms with Crippen molar-refractivity contribution in [3.63, 3.8) is 0 Å². The van der Waals surface area contributed by atoms with Gasteiger partial charge in [-0.25, -0.2) is 9.18 Å². The first-order valence-corrected chi connectivity index (χ1v) is 12.9. The molecule has 212 valence electrons. The first kappa shape index (κ1) is 27.2. The van der Waals surface area contributed by atoms with Gasteiger partial charge < -0.3 is 31.2 Å². The second-order valence-corrected chi connectivity index (χ2v) is 11.4. The van der Waals surface area contributed by atoms with Crippen LogP contribution in [0.5, 0.6) is 0 Å². The molecule has 2 aromatic rings. The topological polar surface area (TPSA) is 119 Å². The van der Waals surface area contributed by atoms with Gasteiger partial charge in [-0.2, -0.15) is 18.3 Å². The summed E-state index contributed by atoms with van der Waals surface area (Å²) >= 11 is 0. The number of carbonyl (C=O) groups is 1. The fraction of sp³-hybridized carbons (Fsp3) is 0.600. The highest BCUT2D eigenvalue weighted by Gasteiger charge is 2.52. The van der Waals surface area contributed by atoms with Crippen LogP contribution in [0.2, 0.25) is 0 Å². The molecule has 3 aliphatic rings. The van der Waals surface area contributed by atoms with Gasteiger partial charge in [-0.15, -0.1) is 0 Å². The maximum Gasteiger partial charge on any atom is 0.395 e. The number of halogens is 4. The maximum absolute atomic E-state index is 14.6. The molecule has 1 spiro atoms. The van der Waals surface area contributed by atoms with Gasteiger partial charge >= 0.3 is 12.2 Å². The Morgan fingerprint density at radius 1 is 1.26 bits per heavy atom. The average molecular weight is 552 g/mol. The molecule has 2 aromatic heterocycles. The third-order valence-electron chi connectivity index (χ3n) is 7.65. The minimum atomic E-state index is -4.29. The summed E-state index contributed by atoms with van der Waals surface area (Å²) in [5, 5.41) is 15.5. The lowest BCUT2D eigenvalue weighted by Gasteiger charge is -2.40. The van der Waals surface area contributed by atoms with Gasteiger partial charge in [0.15, 0.2) is 5.82 Å². The zero-order valence-corrected chi connectivity index (χ0v) is 22.1. The standard InChI is InChI=1S/C25H33F4N9O/c1-23(2,26)13-38-19-8-17(32-10-16(19)21(34-38)36-11-15(12-36)25(27,28)29)20(31)18(9-30)33-22(39)37-7-6-35(3)14-24(37)4-5-24/h8-10,15,30H,4-7,11-14,31H2,1-3H3,(H,33,39). The average Bonchev–Trinajstić information content (AvgIpc) is 3.47. The Balaban J connectivity index is 1.44. The van der Waals surface area contributed by atoms with E-state index in [2.05, 4.69) is 20.3 Å². The number of urea groups is 1. The summed E-state index contributed by atoms with van der Waals surface area (Å²) in [7, 11) is 2.02. The van der Waals surface area contributed by atoms with Crippen molar-refractivity contribution < 1.29 is 22.4 Å². The fourth-order valence-electron chi connectivity index (χ4n) is 5.33. The van der Waals surface area contributed by atoms with Gasteiger partial charge in [-0.3, -0.25) is 9.67 Å². The van der Waals surface area contributed by atoms with Crippen molar-refractivity contribution in [1.82, 2.24) is 29.9 Å². The summed E-state index contributed by atoms with van der Waals surface area (Å²) in [6.07, 6.45) is -0.0808. The van der Waals surface area contributed by atoms with E-state index in [1.54, 1.807) is 11.0 Å². The summed E-state index contributed by atoms with van der Waals surface area (Å²) in [4.78, 5) is 23.0. The number of amides is 2. The molecule has 4 N–H and O–H groups in total. The number of anilines is 1. The minimum absolute atomic E-state index is 0.0362. The van der Waals surface area contributed by atoms with Gasteiger partial charge in [0, 0.05) is 45.1 Å². The molecule has 2 amide bonds. The third-order valence-corrected chi connectivity index (χ3v) is 7.65. The van der Waals surface area contributed by atoms with Crippen molar-refractivity contribution in [2.24, 2.45) is 11.7 Å². The lowest BCUT2D eigenvalue weighted by Crippen LogP contribution is -2.58. The van der Waals surface area contributed by atoms with Crippen molar-refractivity contribution in [2.75, 3.05) is 44.7 Å². The Morgan fingerprint density at radius 3 is 2.54 bits per heavy atom. The number of aromatic nitrogens is 3. The highest BCUT2D eigenvalue weighted by molar-refractivity contribution is 5.96. The highest BCUT2D eigenvalue weighted by atomic mass is 19.4. The maximum atomic E-state index is 14.6. The van der Waals surface area contributed by atoms with E-state index >= 15 is 0 Å². The van der Waals surface area contributed by atoms with E-state index in [4.69, 9.17) is 11.1 Å². The number of alkyl halides is 4. The number of carbonyl (C=O) groups excluding carboxylic acids is 1. The highest BCUT2D eigenvalue weighted by Crippen LogP contribution is 2.44. The fourth-order valence-corrected chi connectivity index (χ4v) is 5.33. The molecule has 4 heterocycles.